The zero-order chi connectivity index (χ0) is 14.5. The Kier molecular flexibility index (Phi) is 4.74. The molecule has 0 aliphatic heterocycles. The first kappa shape index (κ1) is 14.5. The lowest BCUT2D eigenvalue weighted by molar-refractivity contribution is -0.120. The Labute approximate surface area is 126 Å². The minimum Gasteiger partial charge on any atom is -0.354 e. The molecule has 1 N–H and O–H groups in total. The van der Waals surface area contributed by atoms with E-state index >= 15 is 0 Å². The fourth-order valence-electron chi connectivity index (χ4n) is 1.79. The van der Waals surface area contributed by atoms with Crippen LogP contribution in [0.15, 0.2) is 52.2 Å². The van der Waals surface area contributed by atoms with E-state index in [-0.39, 0.29) is 5.91 Å². The van der Waals surface area contributed by atoms with E-state index in [2.05, 4.69) is 26.5 Å². The number of hydrogen-bond donors (Lipinski definition) is 1. The minimum atomic E-state index is -0.122. The van der Waals surface area contributed by atoms with Gasteiger partial charge in [0.1, 0.15) is 0 Å². The first-order chi connectivity index (χ1) is 9.56. The third-order valence-electron chi connectivity index (χ3n) is 3.00. The monoisotopic (exact) mass is 333 g/mol. The van der Waals surface area contributed by atoms with Crippen LogP contribution in [0, 0.1) is 0 Å². The number of hydrogen-bond acceptors (Lipinski definition) is 2. The van der Waals surface area contributed by atoms with E-state index in [9.17, 15) is 4.79 Å². The number of nitrogens with zero attached hydrogens (tertiary/aromatic N) is 2. The van der Waals surface area contributed by atoms with Gasteiger partial charge in [-0.15, -0.1) is 0 Å². The molecule has 0 fully saturated rings. The van der Waals surface area contributed by atoms with Gasteiger partial charge in [0.05, 0.1) is 12.1 Å². The van der Waals surface area contributed by atoms with Crippen LogP contribution in [-0.2, 0) is 18.3 Å². The molecule has 2 aromatic rings. The Morgan fingerprint density at radius 3 is 2.60 bits per heavy atom. The molecule has 1 aromatic carbocycles. The first-order valence-electron chi connectivity index (χ1n) is 6.25. The average molecular weight is 334 g/mol. The second kappa shape index (κ2) is 6.52. The molecular formula is C15H16BrN3O. The van der Waals surface area contributed by atoms with Gasteiger partial charge in [-0.25, -0.2) is 5.43 Å². The Hall–Kier alpha value is -1.88. The molecule has 0 aliphatic carbocycles. The molecule has 1 heterocycles. The van der Waals surface area contributed by atoms with Crippen LogP contribution >= 0.6 is 15.9 Å². The summed E-state index contributed by atoms with van der Waals surface area (Å²) in [5.41, 5.74) is 5.30. The molecule has 0 bridgehead atoms. The third kappa shape index (κ3) is 3.81. The third-order valence-corrected chi connectivity index (χ3v) is 3.53. The number of halogens is 1. The fourth-order valence-corrected chi connectivity index (χ4v) is 2.05. The van der Waals surface area contributed by atoms with E-state index in [1.807, 2.05) is 61.1 Å². The van der Waals surface area contributed by atoms with E-state index in [0.717, 1.165) is 21.4 Å². The molecule has 104 valence electrons. The zero-order valence-corrected chi connectivity index (χ0v) is 13.0. The van der Waals surface area contributed by atoms with Crippen LogP contribution in [0.1, 0.15) is 18.2 Å². The van der Waals surface area contributed by atoms with Gasteiger partial charge in [-0.1, -0.05) is 28.1 Å². The SMILES string of the molecule is C/C(=N/NC(=O)Cc1cccn1C)c1ccc(Br)cc1. The van der Waals surface area contributed by atoms with Gasteiger partial charge in [0.2, 0.25) is 5.91 Å². The maximum absolute atomic E-state index is 11.8. The molecule has 4 nitrogen and oxygen atoms in total. The van der Waals surface area contributed by atoms with E-state index in [1.165, 1.54) is 0 Å². The summed E-state index contributed by atoms with van der Waals surface area (Å²) < 4.78 is 2.94. The lowest BCUT2D eigenvalue weighted by Crippen LogP contribution is -2.22. The molecule has 0 unspecified atom stereocenters. The largest absolute Gasteiger partial charge is 0.354 e. The van der Waals surface area contributed by atoms with Crippen molar-refractivity contribution >= 4 is 27.5 Å². The van der Waals surface area contributed by atoms with E-state index in [0.29, 0.717) is 6.42 Å². The highest BCUT2D eigenvalue weighted by Gasteiger charge is 2.05. The number of nitrogens with one attached hydrogen (secondary N) is 1. The Morgan fingerprint density at radius 2 is 2.00 bits per heavy atom. The number of amides is 1. The number of rotatable bonds is 4. The zero-order valence-electron chi connectivity index (χ0n) is 11.4. The van der Waals surface area contributed by atoms with Crippen molar-refractivity contribution in [3.05, 3.63) is 58.3 Å². The number of carbonyl (C=O) groups is 1. The molecule has 0 spiro atoms. The van der Waals surface area contributed by atoms with Crippen molar-refractivity contribution in [3.63, 3.8) is 0 Å². The highest BCUT2D eigenvalue weighted by molar-refractivity contribution is 9.10. The van der Waals surface area contributed by atoms with E-state index < -0.39 is 0 Å². The van der Waals surface area contributed by atoms with E-state index in [4.69, 9.17) is 0 Å². The molecule has 5 heteroatoms. The Bertz CT molecular complexity index is 629. The topological polar surface area (TPSA) is 46.4 Å². The van der Waals surface area contributed by atoms with Crippen molar-refractivity contribution in [2.45, 2.75) is 13.3 Å². The maximum atomic E-state index is 11.8. The minimum absolute atomic E-state index is 0.122. The smallest absolute Gasteiger partial charge is 0.246 e. The van der Waals surface area contributed by atoms with Crippen molar-refractivity contribution in [1.29, 1.82) is 0 Å². The van der Waals surface area contributed by atoms with Crippen molar-refractivity contribution < 1.29 is 4.79 Å². The Morgan fingerprint density at radius 1 is 1.30 bits per heavy atom. The number of benzene rings is 1. The number of hydrazone groups is 1. The summed E-state index contributed by atoms with van der Waals surface area (Å²) in [7, 11) is 1.92. The van der Waals surface area contributed by atoms with Gasteiger partial charge >= 0.3 is 0 Å². The van der Waals surface area contributed by atoms with Crippen LogP contribution in [0.4, 0.5) is 0 Å². The van der Waals surface area contributed by atoms with Crippen molar-refractivity contribution in [1.82, 2.24) is 9.99 Å². The molecule has 0 aliphatic rings. The van der Waals surface area contributed by atoms with Crippen molar-refractivity contribution in [2.24, 2.45) is 12.1 Å². The predicted octanol–water partition coefficient (Wildman–Crippen LogP) is 2.87. The molecule has 20 heavy (non-hydrogen) atoms. The molecule has 0 atom stereocenters. The molecule has 1 amide bonds. The van der Waals surface area contributed by atoms with Gasteiger partial charge < -0.3 is 4.57 Å². The molecule has 0 saturated carbocycles. The van der Waals surface area contributed by atoms with Gasteiger partial charge in [-0.2, -0.15) is 5.10 Å². The first-order valence-corrected chi connectivity index (χ1v) is 7.05. The summed E-state index contributed by atoms with van der Waals surface area (Å²) in [4.78, 5) is 11.8. The average Bonchev–Trinajstić information content (AvgIpc) is 2.82. The summed E-state index contributed by atoms with van der Waals surface area (Å²) in [6.45, 7) is 1.87. The lowest BCUT2D eigenvalue weighted by atomic mass is 10.1. The maximum Gasteiger partial charge on any atom is 0.246 e. The van der Waals surface area contributed by atoms with Crippen LogP contribution in [0.5, 0.6) is 0 Å². The lowest BCUT2D eigenvalue weighted by Gasteiger charge is -2.04. The van der Waals surface area contributed by atoms with Gasteiger partial charge in [-0.3, -0.25) is 4.79 Å². The summed E-state index contributed by atoms with van der Waals surface area (Å²) in [6.07, 6.45) is 2.24. The quantitative estimate of drug-likeness (QED) is 0.678. The normalized spacial score (nSPS) is 11.4. The fraction of sp³-hybridized carbons (Fsp3) is 0.200. The van der Waals surface area contributed by atoms with Gasteiger partial charge in [-0.05, 0) is 36.8 Å². The number of aryl methyl sites for hydroxylation is 1. The standard InChI is InChI=1S/C15H16BrN3O/c1-11(12-5-7-13(16)8-6-12)17-18-15(20)10-14-4-3-9-19(14)2/h3-9H,10H2,1-2H3,(H,18,20)/b17-11-. The van der Waals surface area contributed by atoms with Gasteiger partial charge in [0, 0.05) is 23.4 Å². The second-order valence-electron chi connectivity index (χ2n) is 4.53. The number of carbonyl (C=O) groups excluding carboxylic acids is 1. The highest BCUT2D eigenvalue weighted by atomic mass is 79.9. The molecular weight excluding hydrogens is 318 g/mol. The predicted molar refractivity (Wildman–Crippen MR) is 83.6 cm³/mol. The highest BCUT2D eigenvalue weighted by Crippen LogP contribution is 2.11. The molecule has 1 aromatic heterocycles. The van der Waals surface area contributed by atoms with Crippen LogP contribution in [-0.4, -0.2) is 16.2 Å². The summed E-state index contributed by atoms with van der Waals surface area (Å²) in [5.74, 6) is -0.122. The molecule has 0 radical (unpaired) electrons. The number of aromatic nitrogens is 1. The van der Waals surface area contributed by atoms with Crippen LogP contribution < -0.4 is 5.43 Å². The van der Waals surface area contributed by atoms with Crippen molar-refractivity contribution in [3.8, 4) is 0 Å². The summed E-state index contributed by atoms with van der Waals surface area (Å²) in [5, 5.41) is 4.13. The van der Waals surface area contributed by atoms with Crippen LogP contribution in [0.2, 0.25) is 0 Å². The van der Waals surface area contributed by atoms with Gasteiger partial charge in [0.15, 0.2) is 0 Å². The van der Waals surface area contributed by atoms with Crippen LogP contribution in [0.3, 0.4) is 0 Å². The Balaban J connectivity index is 1.96. The van der Waals surface area contributed by atoms with Gasteiger partial charge in [0.25, 0.3) is 0 Å². The summed E-state index contributed by atoms with van der Waals surface area (Å²) >= 11 is 3.38. The van der Waals surface area contributed by atoms with E-state index in [1.54, 1.807) is 0 Å². The molecule has 0 saturated heterocycles. The summed E-state index contributed by atoms with van der Waals surface area (Å²) in [6, 6.07) is 11.6. The second-order valence-corrected chi connectivity index (χ2v) is 5.44. The van der Waals surface area contributed by atoms with Crippen LogP contribution in [0.25, 0.3) is 0 Å². The van der Waals surface area contributed by atoms with Crippen molar-refractivity contribution in [2.75, 3.05) is 0 Å². The molecule has 2 rings (SSSR count).